The van der Waals surface area contributed by atoms with Crippen molar-refractivity contribution in [3.8, 4) is 0 Å². The molecule has 1 aliphatic carbocycles. The molecular weight excluding hydrogens is 305 g/mol. The van der Waals surface area contributed by atoms with Crippen molar-refractivity contribution in [2.24, 2.45) is 5.92 Å². The predicted octanol–water partition coefficient (Wildman–Crippen LogP) is 4.40. The van der Waals surface area contributed by atoms with E-state index in [-0.39, 0.29) is 16.3 Å². The van der Waals surface area contributed by atoms with E-state index in [1.54, 1.807) is 0 Å². The van der Waals surface area contributed by atoms with Crippen LogP contribution in [0.25, 0.3) is 0 Å². The number of fused-ring (bicyclic) bond motifs is 1. The van der Waals surface area contributed by atoms with Crippen molar-refractivity contribution in [3.63, 3.8) is 0 Å². The zero-order valence-corrected chi connectivity index (χ0v) is 11.6. The summed E-state index contributed by atoms with van der Waals surface area (Å²) in [5.74, 6) is 0.411. The molecule has 1 heterocycles. The molecule has 1 aliphatic heterocycles. The van der Waals surface area contributed by atoms with Crippen LogP contribution < -0.4 is 10.2 Å². The highest BCUT2D eigenvalue weighted by Gasteiger charge is 2.46. The zero-order valence-electron chi connectivity index (χ0n) is 10.8. The number of nitrogens with one attached hydrogen (secondary N) is 1. The second-order valence-corrected chi connectivity index (χ2v) is 5.61. The Morgan fingerprint density at radius 2 is 2.05 bits per heavy atom. The Bertz CT molecular complexity index is 611. The Hall–Kier alpha value is -1.69. The Kier molecular flexibility index (Phi) is 3.36. The third-order valence-electron chi connectivity index (χ3n) is 3.50. The lowest BCUT2D eigenvalue weighted by molar-refractivity contribution is -0.155. The van der Waals surface area contributed by atoms with Crippen molar-refractivity contribution in [2.45, 2.75) is 25.1 Å². The maximum atomic E-state index is 13.1. The minimum absolute atomic E-state index is 0.0463. The molecule has 1 aromatic carbocycles. The lowest BCUT2D eigenvalue weighted by Gasteiger charge is -2.34. The van der Waals surface area contributed by atoms with Crippen LogP contribution in [0.4, 0.5) is 23.7 Å². The average Bonchev–Trinajstić information content (AvgIpc) is 3.20. The maximum Gasteiger partial charge on any atom is 0.413 e. The molecule has 0 aromatic heterocycles. The molecular formula is C14H12ClF3N2O. The minimum atomic E-state index is -4.57. The largest absolute Gasteiger partial charge is 0.413 e. The number of halogens is 4. The fourth-order valence-electron chi connectivity index (χ4n) is 2.26. The summed E-state index contributed by atoms with van der Waals surface area (Å²) < 4.78 is 39.2. The quantitative estimate of drug-likeness (QED) is 0.862. The molecule has 1 aromatic rings. The van der Waals surface area contributed by atoms with Crippen LogP contribution in [-0.4, -0.2) is 12.2 Å². The van der Waals surface area contributed by atoms with Crippen LogP contribution >= 0.6 is 11.6 Å². The van der Waals surface area contributed by atoms with Crippen molar-refractivity contribution >= 4 is 23.3 Å². The number of rotatable bonds is 2. The first-order valence-electron chi connectivity index (χ1n) is 6.50. The molecule has 7 heteroatoms. The van der Waals surface area contributed by atoms with E-state index in [1.807, 2.05) is 11.4 Å². The smallest absolute Gasteiger partial charge is 0.322 e. The van der Waals surface area contributed by atoms with Gasteiger partial charge in [-0.1, -0.05) is 17.7 Å². The van der Waals surface area contributed by atoms with Gasteiger partial charge in [0.15, 0.2) is 6.04 Å². The summed E-state index contributed by atoms with van der Waals surface area (Å²) in [7, 11) is 0. The third kappa shape index (κ3) is 2.85. The molecule has 0 radical (unpaired) electrons. The number of nitrogens with zero attached hydrogens (tertiary/aromatic N) is 1. The molecule has 112 valence electrons. The third-order valence-corrected chi connectivity index (χ3v) is 3.74. The summed E-state index contributed by atoms with van der Waals surface area (Å²) in [6, 6.07) is 1.33. The molecule has 3 nitrogen and oxygen atoms in total. The Morgan fingerprint density at radius 3 is 2.67 bits per heavy atom. The second-order valence-electron chi connectivity index (χ2n) is 5.18. The van der Waals surface area contributed by atoms with Gasteiger partial charge in [-0.05, 0) is 37.0 Å². The lowest BCUT2D eigenvalue weighted by atomic mass is 10.0. The van der Waals surface area contributed by atoms with Crippen LogP contribution in [0.2, 0.25) is 5.02 Å². The van der Waals surface area contributed by atoms with E-state index in [4.69, 9.17) is 11.6 Å². The van der Waals surface area contributed by atoms with Crippen molar-refractivity contribution in [1.29, 1.82) is 0 Å². The number of hydrogen-bond donors (Lipinski definition) is 1. The molecule has 0 spiro atoms. The minimum Gasteiger partial charge on any atom is -0.322 e. The molecule has 1 fully saturated rings. The topological polar surface area (TPSA) is 32.3 Å². The lowest BCUT2D eigenvalue weighted by Crippen LogP contribution is -2.48. The van der Waals surface area contributed by atoms with Crippen molar-refractivity contribution in [3.05, 3.63) is 41.1 Å². The molecule has 1 unspecified atom stereocenters. The van der Waals surface area contributed by atoms with E-state index in [1.165, 1.54) is 29.3 Å². The van der Waals surface area contributed by atoms with Gasteiger partial charge < -0.3 is 5.32 Å². The van der Waals surface area contributed by atoms with Crippen LogP contribution in [0.3, 0.4) is 0 Å². The molecule has 1 N–H and O–H groups in total. The van der Waals surface area contributed by atoms with E-state index < -0.39 is 18.2 Å². The van der Waals surface area contributed by atoms with Gasteiger partial charge in [0.2, 0.25) is 0 Å². The molecule has 1 atom stereocenters. The highest BCUT2D eigenvalue weighted by Crippen LogP contribution is 2.42. The summed E-state index contributed by atoms with van der Waals surface area (Å²) in [5.41, 5.74) is 0.164. The highest BCUT2D eigenvalue weighted by molar-refractivity contribution is 6.30. The Balaban J connectivity index is 2.03. The number of allylic oxidation sites excluding steroid dienone is 1. The number of carbonyl (C=O) groups is 1. The van der Waals surface area contributed by atoms with Crippen LogP contribution in [0.1, 0.15) is 24.4 Å². The van der Waals surface area contributed by atoms with Gasteiger partial charge >= 0.3 is 12.2 Å². The Morgan fingerprint density at radius 1 is 1.33 bits per heavy atom. The van der Waals surface area contributed by atoms with Gasteiger partial charge in [-0.25, -0.2) is 4.79 Å². The zero-order chi connectivity index (χ0) is 15.2. The van der Waals surface area contributed by atoms with Gasteiger partial charge in [-0.15, -0.1) is 0 Å². The van der Waals surface area contributed by atoms with E-state index in [0.717, 1.165) is 12.8 Å². The number of urea groups is 1. The van der Waals surface area contributed by atoms with Gasteiger partial charge in [-0.3, -0.25) is 4.90 Å². The summed E-state index contributed by atoms with van der Waals surface area (Å²) in [6.45, 7) is 0. The van der Waals surface area contributed by atoms with Crippen molar-refractivity contribution in [1.82, 2.24) is 5.32 Å². The van der Waals surface area contributed by atoms with E-state index in [9.17, 15) is 18.0 Å². The van der Waals surface area contributed by atoms with Gasteiger partial charge in [0.05, 0.1) is 5.69 Å². The molecule has 21 heavy (non-hydrogen) atoms. The molecule has 2 aliphatic rings. The van der Waals surface area contributed by atoms with E-state index >= 15 is 0 Å². The van der Waals surface area contributed by atoms with E-state index in [0.29, 0.717) is 5.92 Å². The summed E-state index contributed by atoms with van der Waals surface area (Å²) in [5, 5.41) is 2.19. The SMILES string of the molecule is O=C1NC(C(F)(F)F)c2cc(Cl)ccc2N1C=CC1CC1. The van der Waals surface area contributed by atoms with Crippen LogP contribution in [0, 0.1) is 5.92 Å². The van der Waals surface area contributed by atoms with Gasteiger partial charge in [0, 0.05) is 16.8 Å². The normalized spacial score (nSPS) is 22.4. The molecule has 2 amide bonds. The van der Waals surface area contributed by atoms with Gasteiger partial charge in [0.1, 0.15) is 0 Å². The van der Waals surface area contributed by atoms with E-state index in [2.05, 4.69) is 0 Å². The molecule has 1 saturated carbocycles. The fraction of sp³-hybridized carbons (Fsp3) is 0.357. The fourth-order valence-corrected chi connectivity index (χ4v) is 2.44. The number of benzene rings is 1. The second kappa shape index (κ2) is 4.94. The maximum absolute atomic E-state index is 13.1. The summed E-state index contributed by atoms with van der Waals surface area (Å²) in [4.78, 5) is 13.2. The van der Waals surface area contributed by atoms with Crippen LogP contribution in [0.5, 0.6) is 0 Å². The number of amides is 2. The summed E-state index contributed by atoms with van der Waals surface area (Å²) >= 11 is 5.80. The number of anilines is 1. The first kappa shape index (κ1) is 14.3. The monoisotopic (exact) mass is 316 g/mol. The summed E-state index contributed by atoms with van der Waals surface area (Å²) in [6.07, 6.45) is 0.898. The first-order valence-corrected chi connectivity index (χ1v) is 6.88. The predicted molar refractivity (Wildman–Crippen MR) is 73.1 cm³/mol. The molecule has 0 saturated heterocycles. The Labute approximate surface area is 124 Å². The molecule has 3 rings (SSSR count). The average molecular weight is 317 g/mol. The number of hydrogen-bond acceptors (Lipinski definition) is 1. The van der Waals surface area contributed by atoms with Crippen LogP contribution in [-0.2, 0) is 0 Å². The number of alkyl halides is 3. The highest BCUT2D eigenvalue weighted by atomic mass is 35.5. The standard InChI is InChI=1S/C14H12ClF3N2O/c15-9-3-4-11-10(7-9)12(14(16,17)18)19-13(21)20(11)6-5-8-1-2-8/h3-8,12H,1-2H2,(H,19,21). The first-order chi connectivity index (χ1) is 9.86. The number of carbonyl (C=O) groups excluding carboxylic acids is 1. The van der Waals surface area contributed by atoms with Gasteiger partial charge in [0.25, 0.3) is 0 Å². The van der Waals surface area contributed by atoms with Crippen molar-refractivity contribution < 1.29 is 18.0 Å². The van der Waals surface area contributed by atoms with Crippen molar-refractivity contribution in [2.75, 3.05) is 4.90 Å². The van der Waals surface area contributed by atoms with Gasteiger partial charge in [-0.2, -0.15) is 13.2 Å². The molecule has 0 bridgehead atoms. The van der Waals surface area contributed by atoms with Crippen LogP contribution in [0.15, 0.2) is 30.5 Å².